The van der Waals surface area contributed by atoms with Gasteiger partial charge in [-0.05, 0) is 60.8 Å². The van der Waals surface area contributed by atoms with Gasteiger partial charge in [0.05, 0.1) is 6.10 Å². The SMILES string of the molecule is COC1CCC([C@@H](CC(=O)N2C(=O)OC[C@@H]2c2ccccc2)c2ccc(F)cc2)CC1. The first-order valence-electron chi connectivity index (χ1n) is 10.9. The van der Waals surface area contributed by atoms with Crippen LogP contribution in [0.25, 0.3) is 0 Å². The molecule has 0 N–H and O–H groups in total. The Bertz CT molecular complexity index is 893. The summed E-state index contributed by atoms with van der Waals surface area (Å²) in [7, 11) is 1.73. The maximum absolute atomic E-state index is 13.5. The van der Waals surface area contributed by atoms with Crippen LogP contribution in [-0.2, 0) is 14.3 Å². The number of ether oxygens (including phenoxy) is 2. The number of halogens is 1. The van der Waals surface area contributed by atoms with Gasteiger partial charge in [0.1, 0.15) is 18.5 Å². The summed E-state index contributed by atoms with van der Waals surface area (Å²) < 4.78 is 24.3. The molecule has 1 saturated heterocycles. The first-order chi connectivity index (χ1) is 15.1. The molecule has 5 nitrogen and oxygen atoms in total. The standard InChI is InChI=1S/C25H28FNO4/c1-30-21-13-9-18(10-14-21)22(17-7-11-20(26)12-8-17)15-24(28)27-23(16-31-25(27)29)19-5-3-2-4-6-19/h2-8,11-12,18,21-23H,9-10,13-16H2,1H3/t18?,21?,22-,23+/m0/s1. The third-order valence-electron chi connectivity index (χ3n) is 6.64. The van der Waals surface area contributed by atoms with Crippen LogP contribution in [0, 0.1) is 11.7 Å². The fourth-order valence-corrected chi connectivity index (χ4v) is 4.90. The van der Waals surface area contributed by atoms with Crippen LogP contribution in [0.3, 0.4) is 0 Å². The molecular weight excluding hydrogens is 397 g/mol. The zero-order valence-electron chi connectivity index (χ0n) is 17.7. The van der Waals surface area contributed by atoms with E-state index >= 15 is 0 Å². The predicted octanol–water partition coefficient (Wildman–Crippen LogP) is 5.22. The molecule has 0 unspecified atom stereocenters. The number of benzene rings is 2. The van der Waals surface area contributed by atoms with Crippen LogP contribution in [-0.4, -0.2) is 36.7 Å². The van der Waals surface area contributed by atoms with Crippen LogP contribution in [0.5, 0.6) is 0 Å². The maximum Gasteiger partial charge on any atom is 0.417 e. The Morgan fingerprint density at radius 1 is 1.10 bits per heavy atom. The van der Waals surface area contributed by atoms with E-state index in [2.05, 4.69) is 0 Å². The molecule has 2 atom stereocenters. The second kappa shape index (κ2) is 9.60. The highest BCUT2D eigenvalue weighted by Crippen LogP contribution is 2.40. The number of imide groups is 1. The van der Waals surface area contributed by atoms with Crippen molar-refractivity contribution in [2.75, 3.05) is 13.7 Å². The van der Waals surface area contributed by atoms with Crippen LogP contribution in [0.4, 0.5) is 9.18 Å². The van der Waals surface area contributed by atoms with Crippen molar-refractivity contribution in [1.82, 2.24) is 4.90 Å². The van der Waals surface area contributed by atoms with Gasteiger partial charge in [-0.1, -0.05) is 42.5 Å². The summed E-state index contributed by atoms with van der Waals surface area (Å²) in [5.41, 5.74) is 1.81. The lowest BCUT2D eigenvalue weighted by Gasteiger charge is -2.34. The van der Waals surface area contributed by atoms with E-state index in [4.69, 9.17) is 9.47 Å². The highest BCUT2D eigenvalue weighted by atomic mass is 19.1. The highest BCUT2D eigenvalue weighted by molar-refractivity contribution is 5.94. The van der Waals surface area contributed by atoms with Crippen molar-refractivity contribution in [3.63, 3.8) is 0 Å². The summed E-state index contributed by atoms with van der Waals surface area (Å²) in [6.07, 6.45) is 3.57. The lowest BCUT2D eigenvalue weighted by atomic mass is 9.74. The van der Waals surface area contributed by atoms with E-state index in [0.717, 1.165) is 36.8 Å². The average Bonchev–Trinajstić information content (AvgIpc) is 3.20. The van der Waals surface area contributed by atoms with Crippen molar-refractivity contribution in [3.8, 4) is 0 Å². The second-order valence-electron chi connectivity index (χ2n) is 8.40. The quantitative estimate of drug-likeness (QED) is 0.636. The Hall–Kier alpha value is -2.73. The highest BCUT2D eigenvalue weighted by Gasteiger charge is 2.40. The fourth-order valence-electron chi connectivity index (χ4n) is 4.90. The zero-order chi connectivity index (χ0) is 21.8. The van der Waals surface area contributed by atoms with E-state index in [9.17, 15) is 14.0 Å². The molecule has 6 heteroatoms. The van der Waals surface area contributed by atoms with Gasteiger partial charge < -0.3 is 9.47 Å². The number of hydrogen-bond donors (Lipinski definition) is 0. The fraction of sp³-hybridized carbons (Fsp3) is 0.440. The summed E-state index contributed by atoms with van der Waals surface area (Å²) in [6.45, 7) is 0.161. The molecule has 1 aliphatic heterocycles. The molecule has 164 valence electrons. The molecule has 0 spiro atoms. The van der Waals surface area contributed by atoms with Gasteiger partial charge in [0.15, 0.2) is 0 Å². The lowest BCUT2D eigenvalue weighted by molar-refractivity contribution is -0.130. The zero-order valence-corrected chi connectivity index (χ0v) is 17.7. The number of rotatable bonds is 6. The van der Waals surface area contributed by atoms with Gasteiger partial charge in [-0.2, -0.15) is 0 Å². The molecule has 2 aliphatic rings. The first-order valence-corrected chi connectivity index (χ1v) is 10.9. The van der Waals surface area contributed by atoms with Gasteiger partial charge in [0.25, 0.3) is 0 Å². The van der Waals surface area contributed by atoms with E-state index in [1.165, 1.54) is 17.0 Å². The van der Waals surface area contributed by atoms with Gasteiger partial charge in [-0.3, -0.25) is 4.79 Å². The minimum absolute atomic E-state index is 0.0873. The van der Waals surface area contributed by atoms with E-state index in [1.807, 2.05) is 30.3 Å². The van der Waals surface area contributed by atoms with Crippen molar-refractivity contribution in [2.24, 2.45) is 5.92 Å². The molecule has 2 aromatic rings. The molecule has 2 aromatic carbocycles. The number of nitrogens with zero attached hydrogens (tertiary/aromatic N) is 1. The first kappa shape index (κ1) is 21.5. The minimum atomic E-state index is -0.597. The molecular formula is C25H28FNO4. The van der Waals surface area contributed by atoms with E-state index < -0.39 is 12.1 Å². The van der Waals surface area contributed by atoms with Crippen molar-refractivity contribution in [2.45, 2.75) is 50.2 Å². The van der Waals surface area contributed by atoms with Crippen LogP contribution < -0.4 is 0 Å². The normalized spacial score (nSPS) is 24.6. The Morgan fingerprint density at radius 3 is 2.42 bits per heavy atom. The van der Waals surface area contributed by atoms with E-state index in [1.54, 1.807) is 19.2 Å². The van der Waals surface area contributed by atoms with Crippen molar-refractivity contribution >= 4 is 12.0 Å². The summed E-state index contributed by atoms with van der Waals surface area (Å²) >= 11 is 0. The molecule has 0 radical (unpaired) electrons. The van der Waals surface area contributed by atoms with Gasteiger partial charge in [-0.15, -0.1) is 0 Å². The van der Waals surface area contributed by atoms with Gasteiger partial charge >= 0.3 is 6.09 Å². The molecule has 0 aromatic heterocycles. The monoisotopic (exact) mass is 425 g/mol. The van der Waals surface area contributed by atoms with E-state index in [0.29, 0.717) is 0 Å². The Morgan fingerprint density at radius 2 is 1.77 bits per heavy atom. The number of cyclic esters (lactones) is 1. The molecule has 2 amide bonds. The number of carbonyl (C=O) groups is 2. The number of hydrogen-bond acceptors (Lipinski definition) is 4. The average molecular weight is 426 g/mol. The molecule has 31 heavy (non-hydrogen) atoms. The smallest absolute Gasteiger partial charge is 0.417 e. The largest absolute Gasteiger partial charge is 0.446 e. The summed E-state index contributed by atoms with van der Waals surface area (Å²) in [5.74, 6) is -0.367. The van der Waals surface area contributed by atoms with Gasteiger partial charge in [-0.25, -0.2) is 14.1 Å². The second-order valence-corrected chi connectivity index (χ2v) is 8.40. The topological polar surface area (TPSA) is 55.8 Å². The van der Waals surface area contributed by atoms with Crippen LogP contribution in [0.2, 0.25) is 0 Å². The van der Waals surface area contributed by atoms with Crippen LogP contribution in [0.15, 0.2) is 54.6 Å². The summed E-state index contributed by atoms with van der Waals surface area (Å²) in [5, 5.41) is 0. The number of amides is 2. The van der Waals surface area contributed by atoms with Gasteiger partial charge in [0.2, 0.25) is 5.91 Å². The lowest BCUT2D eigenvalue weighted by Crippen LogP contribution is -2.36. The summed E-state index contributed by atoms with van der Waals surface area (Å²) in [6, 6.07) is 15.4. The molecule has 2 fully saturated rings. The van der Waals surface area contributed by atoms with Gasteiger partial charge in [0, 0.05) is 13.5 Å². The van der Waals surface area contributed by atoms with Crippen molar-refractivity contribution < 1.29 is 23.5 Å². The molecule has 1 heterocycles. The Labute approximate surface area is 182 Å². The van der Waals surface area contributed by atoms with Crippen molar-refractivity contribution in [3.05, 3.63) is 71.5 Å². The Balaban J connectivity index is 1.56. The predicted molar refractivity (Wildman–Crippen MR) is 114 cm³/mol. The molecule has 1 saturated carbocycles. The van der Waals surface area contributed by atoms with Crippen LogP contribution >= 0.6 is 0 Å². The minimum Gasteiger partial charge on any atom is -0.446 e. The number of methoxy groups -OCH3 is 1. The molecule has 4 rings (SSSR count). The van der Waals surface area contributed by atoms with Crippen LogP contribution in [0.1, 0.15) is 55.2 Å². The summed E-state index contributed by atoms with van der Waals surface area (Å²) in [4.78, 5) is 27.1. The van der Waals surface area contributed by atoms with Crippen molar-refractivity contribution in [1.29, 1.82) is 0 Å². The third-order valence-corrected chi connectivity index (χ3v) is 6.64. The van der Waals surface area contributed by atoms with E-state index in [-0.39, 0.29) is 42.7 Å². The molecule has 1 aliphatic carbocycles. The third kappa shape index (κ3) is 4.79. The maximum atomic E-state index is 13.5. The number of carbonyl (C=O) groups excluding carboxylic acids is 2. The molecule has 0 bridgehead atoms. The Kier molecular flexibility index (Phi) is 6.66.